The van der Waals surface area contributed by atoms with Crippen molar-refractivity contribution in [3.63, 3.8) is 0 Å². The smallest absolute Gasteiger partial charge is 0.270 e. The van der Waals surface area contributed by atoms with Gasteiger partial charge in [0.15, 0.2) is 5.43 Å². The maximum atomic E-state index is 14.0. The van der Waals surface area contributed by atoms with E-state index >= 15 is 0 Å². The highest BCUT2D eigenvalue weighted by atomic mass is 19.1. The average molecular weight is 379 g/mol. The van der Waals surface area contributed by atoms with Crippen molar-refractivity contribution in [3.05, 3.63) is 75.8 Å². The summed E-state index contributed by atoms with van der Waals surface area (Å²) in [5.41, 5.74) is 1.39. The summed E-state index contributed by atoms with van der Waals surface area (Å²) >= 11 is 0. The van der Waals surface area contributed by atoms with Crippen LogP contribution in [0.5, 0.6) is 0 Å². The first-order chi connectivity index (χ1) is 13.4. The molecule has 4 rings (SSSR count). The number of amides is 2. The second-order valence-corrected chi connectivity index (χ2v) is 6.82. The average Bonchev–Trinajstić information content (AvgIpc) is 2.69. The number of nitrogens with zero attached hydrogens (tertiary/aromatic N) is 2. The highest BCUT2D eigenvalue weighted by Gasteiger charge is 2.29. The number of aromatic amines is 1. The molecule has 7 heteroatoms. The zero-order valence-corrected chi connectivity index (χ0v) is 15.2. The van der Waals surface area contributed by atoms with Crippen LogP contribution < -0.4 is 10.3 Å². The molecule has 0 atom stereocenters. The molecule has 142 valence electrons. The predicted octanol–water partition coefficient (Wildman–Crippen LogP) is 2.46. The zero-order chi connectivity index (χ0) is 19.8. The first-order valence-corrected chi connectivity index (χ1v) is 8.92. The van der Waals surface area contributed by atoms with Crippen LogP contribution in [-0.4, -0.2) is 41.3 Å². The molecule has 1 aliphatic rings. The highest BCUT2D eigenvalue weighted by molar-refractivity contribution is 6.01. The van der Waals surface area contributed by atoms with Gasteiger partial charge in [0.25, 0.3) is 5.91 Å². The Morgan fingerprint density at radius 2 is 1.82 bits per heavy atom. The van der Waals surface area contributed by atoms with Gasteiger partial charge in [-0.25, -0.2) is 4.39 Å². The fraction of sp³-hybridized carbons (Fsp3) is 0.190. The maximum absolute atomic E-state index is 14.0. The molecular weight excluding hydrogens is 361 g/mol. The number of anilines is 1. The van der Waals surface area contributed by atoms with E-state index in [-0.39, 0.29) is 29.0 Å². The lowest BCUT2D eigenvalue weighted by Crippen LogP contribution is -2.52. The molecule has 1 N–H and O–H groups in total. The van der Waals surface area contributed by atoms with Gasteiger partial charge < -0.3 is 14.8 Å². The second kappa shape index (κ2) is 6.92. The van der Waals surface area contributed by atoms with Crippen molar-refractivity contribution in [2.24, 2.45) is 0 Å². The van der Waals surface area contributed by atoms with Crippen molar-refractivity contribution in [3.8, 4) is 0 Å². The van der Waals surface area contributed by atoms with Crippen molar-refractivity contribution < 1.29 is 14.0 Å². The van der Waals surface area contributed by atoms with E-state index in [4.69, 9.17) is 0 Å². The molecule has 1 fully saturated rings. The molecule has 0 bridgehead atoms. The Hall–Kier alpha value is -3.48. The van der Waals surface area contributed by atoms with Gasteiger partial charge in [0.1, 0.15) is 18.1 Å². The van der Waals surface area contributed by atoms with Crippen molar-refractivity contribution in [2.75, 3.05) is 24.5 Å². The van der Waals surface area contributed by atoms with Gasteiger partial charge in [-0.15, -0.1) is 0 Å². The van der Waals surface area contributed by atoms with Crippen LogP contribution in [0.15, 0.2) is 53.3 Å². The minimum atomic E-state index is -0.607. The van der Waals surface area contributed by atoms with Crippen LogP contribution in [0.4, 0.5) is 10.1 Å². The number of halogens is 1. The van der Waals surface area contributed by atoms with E-state index in [2.05, 4.69) is 4.98 Å². The van der Waals surface area contributed by atoms with Gasteiger partial charge in [-0.3, -0.25) is 14.4 Å². The number of hydrogen-bond donors (Lipinski definition) is 1. The van der Waals surface area contributed by atoms with E-state index in [0.29, 0.717) is 13.1 Å². The number of H-pyrrole nitrogens is 1. The van der Waals surface area contributed by atoms with E-state index in [9.17, 15) is 18.8 Å². The van der Waals surface area contributed by atoms with Gasteiger partial charge >= 0.3 is 0 Å². The molecule has 0 spiro atoms. The molecular formula is C21H18FN3O3. The summed E-state index contributed by atoms with van der Waals surface area (Å²) in [7, 11) is 0. The summed E-state index contributed by atoms with van der Waals surface area (Å²) in [6, 6.07) is 12.9. The van der Waals surface area contributed by atoms with Crippen LogP contribution in [0.1, 0.15) is 16.1 Å². The lowest BCUT2D eigenvalue weighted by Gasteiger charge is -2.34. The molecule has 0 aliphatic carbocycles. The monoisotopic (exact) mass is 379 g/mol. The SMILES string of the molecule is Cc1ccc(N2CCN(C(=O)c3cc(=O)c4cccc(F)c4[nH]3)CC2=O)cc1. The lowest BCUT2D eigenvalue weighted by atomic mass is 10.1. The first kappa shape index (κ1) is 17.9. The van der Waals surface area contributed by atoms with E-state index in [1.54, 1.807) is 4.90 Å². The summed E-state index contributed by atoms with van der Waals surface area (Å²) in [4.78, 5) is 43.3. The number of fused-ring (bicyclic) bond motifs is 1. The van der Waals surface area contributed by atoms with E-state index < -0.39 is 17.2 Å². The number of para-hydroxylation sites is 1. The Kier molecular flexibility index (Phi) is 4.43. The number of carbonyl (C=O) groups excluding carboxylic acids is 2. The number of nitrogens with one attached hydrogen (secondary N) is 1. The molecule has 0 saturated carbocycles. The molecule has 1 saturated heterocycles. The number of carbonyl (C=O) groups is 2. The van der Waals surface area contributed by atoms with Crippen molar-refractivity contribution >= 4 is 28.4 Å². The molecule has 2 aromatic carbocycles. The number of aromatic nitrogens is 1. The van der Waals surface area contributed by atoms with Gasteiger partial charge in [-0.1, -0.05) is 23.8 Å². The van der Waals surface area contributed by atoms with Crippen molar-refractivity contribution in [1.82, 2.24) is 9.88 Å². The number of hydrogen-bond acceptors (Lipinski definition) is 3. The van der Waals surface area contributed by atoms with Gasteiger partial charge in [0, 0.05) is 30.2 Å². The summed E-state index contributed by atoms with van der Waals surface area (Å²) < 4.78 is 14.0. The normalized spacial score (nSPS) is 14.6. The first-order valence-electron chi connectivity index (χ1n) is 8.92. The highest BCUT2D eigenvalue weighted by Crippen LogP contribution is 2.19. The minimum Gasteiger partial charge on any atom is -0.348 e. The fourth-order valence-electron chi connectivity index (χ4n) is 3.37. The van der Waals surface area contributed by atoms with E-state index in [1.807, 2.05) is 31.2 Å². The molecule has 2 amide bonds. The molecule has 1 aromatic heterocycles. The van der Waals surface area contributed by atoms with E-state index in [0.717, 1.165) is 17.3 Å². The summed E-state index contributed by atoms with van der Waals surface area (Å²) in [5.74, 6) is -1.32. The largest absolute Gasteiger partial charge is 0.348 e. The van der Waals surface area contributed by atoms with Gasteiger partial charge in [0.2, 0.25) is 5.91 Å². The lowest BCUT2D eigenvalue weighted by molar-refractivity contribution is -0.120. The molecule has 2 heterocycles. The number of pyridine rings is 1. The van der Waals surface area contributed by atoms with Gasteiger partial charge in [-0.05, 0) is 31.2 Å². The molecule has 28 heavy (non-hydrogen) atoms. The molecule has 6 nitrogen and oxygen atoms in total. The van der Waals surface area contributed by atoms with Crippen LogP contribution >= 0.6 is 0 Å². The van der Waals surface area contributed by atoms with Crippen LogP contribution in [-0.2, 0) is 4.79 Å². The van der Waals surface area contributed by atoms with Gasteiger partial charge in [0.05, 0.1) is 5.52 Å². The Labute approximate surface area is 160 Å². The summed E-state index contributed by atoms with van der Waals surface area (Å²) in [6.45, 7) is 2.52. The third-order valence-electron chi connectivity index (χ3n) is 4.90. The van der Waals surface area contributed by atoms with Crippen LogP contribution in [0, 0.1) is 12.7 Å². The Balaban J connectivity index is 1.58. The number of benzene rings is 2. The molecule has 3 aromatic rings. The molecule has 0 radical (unpaired) electrons. The minimum absolute atomic E-state index is 0.0111. The summed E-state index contributed by atoms with van der Waals surface area (Å²) in [6.07, 6.45) is 0. The zero-order valence-electron chi connectivity index (χ0n) is 15.2. The third-order valence-corrected chi connectivity index (χ3v) is 4.90. The van der Waals surface area contributed by atoms with Crippen molar-refractivity contribution in [1.29, 1.82) is 0 Å². The molecule has 0 unspecified atom stereocenters. The van der Waals surface area contributed by atoms with Crippen molar-refractivity contribution in [2.45, 2.75) is 6.92 Å². The van der Waals surface area contributed by atoms with Gasteiger partial charge in [-0.2, -0.15) is 0 Å². The van der Waals surface area contributed by atoms with E-state index in [1.165, 1.54) is 23.1 Å². The maximum Gasteiger partial charge on any atom is 0.270 e. The van der Waals surface area contributed by atoms with Crippen LogP contribution in [0.25, 0.3) is 10.9 Å². The Morgan fingerprint density at radius 1 is 1.07 bits per heavy atom. The molecule has 1 aliphatic heterocycles. The summed E-state index contributed by atoms with van der Waals surface area (Å²) in [5, 5.41) is 0.178. The Morgan fingerprint density at radius 3 is 2.54 bits per heavy atom. The van der Waals surface area contributed by atoms with Crippen LogP contribution in [0.3, 0.4) is 0 Å². The Bertz CT molecular complexity index is 1140. The number of piperazine rings is 1. The quantitative estimate of drug-likeness (QED) is 0.743. The predicted molar refractivity (Wildman–Crippen MR) is 104 cm³/mol. The fourth-order valence-corrected chi connectivity index (χ4v) is 3.37. The van der Waals surface area contributed by atoms with Crippen LogP contribution in [0.2, 0.25) is 0 Å². The topological polar surface area (TPSA) is 73.5 Å². The number of rotatable bonds is 2. The number of aryl methyl sites for hydroxylation is 1. The standard InChI is InChI=1S/C21H18FN3O3/c1-13-5-7-14(8-6-13)25-10-9-24(12-19(25)27)21(28)17-11-18(26)15-3-2-4-16(22)20(15)23-17/h2-8,11H,9-10,12H2,1H3,(H,23,26). The second-order valence-electron chi connectivity index (χ2n) is 6.82. The third kappa shape index (κ3) is 3.15.